The second-order valence-corrected chi connectivity index (χ2v) is 11.8. The molecular formula is C26H29F3N4O5S. The van der Waals surface area contributed by atoms with Crippen LogP contribution in [0.3, 0.4) is 0 Å². The van der Waals surface area contributed by atoms with Crippen molar-refractivity contribution in [2.24, 2.45) is 0 Å². The number of thiazole rings is 1. The van der Waals surface area contributed by atoms with Gasteiger partial charge in [0.2, 0.25) is 0 Å². The van der Waals surface area contributed by atoms with Gasteiger partial charge in [0.1, 0.15) is 22.7 Å². The molecule has 210 valence electrons. The number of carbonyl (C=O) groups is 2. The number of amides is 1. The van der Waals surface area contributed by atoms with E-state index in [0.717, 1.165) is 19.8 Å². The number of oxazole rings is 1. The monoisotopic (exact) mass is 566 g/mol. The number of aromatic nitrogens is 2. The van der Waals surface area contributed by atoms with Crippen LogP contribution in [0.5, 0.6) is 0 Å². The van der Waals surface area contributed by atoms with Crippen molar-refractivity contribution in [3.05, 3.63) is 29.3 Å². The number of ether oxygens (including phenoxy) is 2. The van der Waals surface area contributed by atoms with Crippen LogP contribution in [0.25, 0.3) is 21.7 Å². The third-order valence-electron chi connectivity index (χ3n) is 6.57. The van der Waals surface area contributed by atoms with Crippen LogP contribution in [0, 0.1) is 0 Å². The molecule has 2 bridgehead atoms. The van der Waals surface area contributed by atoms with E-state index >= 15 is 0 Å². The van der Waals surface area contributed by atoms with Gasteiger partial charge in [-0.1, -0.05) is 0 Å². The SMILES string of the molecule is CC(=O)COC(c1cc(-c2nccs2)c2oc(N3CC4CCC(C3)N4C(=O)OC(C)(C)C)nc2c1)C(F)(F)F. The van der Waals surface area contributed by atoms with E-state index in [4.69, 9.17) is 13.9 Å². The van der Waals surface area contributed by atoms with Gasteiger partial charge in [0.25, 0.3) is 6.01 Å². The molecule has 1 aromatic carbocycles. The summed E-state index contributed by atoms with van der Waals surface area (Å²) in [6.07, 6.45) is -4.28. The molecule has 0 radical (unpaired) electrons. The number of anilines is 1. The second kappa shape index (κ2) is 10.1. The maximum atomic E-state index is 14.0. The Morgan fingerprint density at radius 3 is 2.44 bits per heavy atom. The first-order valence-corrected chi connectivity index (χ1v) is 13.5. The zero-order valence-corrected chi connectivity index (χ0v) is 22.8. The first kappa shape index (κ1) is 27.4. The molecule has 3 atom stereocenters. The summed E-state index contributed by atoms with van der Waals surface area (Å²) in [6, 6.07) is 2.67. The number of halogens is 3. The Hall–Kier alpha value is -3.19. The number of ketones is 1. The standard InChI is InChI=1S/C26H29F3N4O5S/c1-14(34)13-36-21(26(27,28)29)15-9-18(22-30-7-8-39-22)20-19(10-15)31-23(37-20)32-11-16-5-6-17(12-32)33(16)24(35)38-25(2,3)4/h7-10,16-17,21H,5-6,11-13H2,1-4H3. The van der Waals surface area contributed by atoms with Crippen molar-refractivity contribution in [3.8, 4) is 10.6 Å². The summed E-state index contributed by atoms with van der Waals surface area (Å²) < 4.78 is 58.7. The van der Waals surface area contributed by atoms with Gasteiger partial charge in [0.05, 0.1) is 17.6 Å². The molecule has 13 heteroatoms. The first-order chi connectivity index (χ1) is 18.3. The molecule has 3 unspecified atom stereocenters. The maximum Gasteiger partial charge on any atom is 0.418 e. The number of benzene rings is 1. The molecule has 3 aromatic rings. The number of carbonyl (C=O) groups excluding carboxylic acids is 2. The molecule has 9 nitrogen and oxygen atoms in total. The molecule has 4 heterocycles. The van der Waals surface area contributed by atoms with Gasteiger partial charge in [-0.2, -0.15) is 18.2 Å². The van der Waals surface area contributed by atoms with Crippen molar-refractivity contribution in [1.82, 2.24) is 14.9 Å². The average molecular weight is 567 g/mol. The van der Waals surface area contributed by atoms with Crippen LogP contribution in [-0.4, -0.2) is 70.3 Å². The van der Waals surface area contributed by atoms with Crippen LogP contribution in [0.2, 0.25) is 0 Å². The quantitative estimate of drug-likeness (QED) is 0.372. The van der Waals surface area contributed by atoms with E-state index in [1.807, 2.05) is 25.7 Å². The molecule has 2 fully saturated rings. The Kier molecular flexibility index (Phi) is 7.08. The van der Waals surface area contributed by atoms with Crippen LogP contribution < -0.4 is 4.90 Å². The maximum absolute atomic E-state index is 14.0. The van der Waals surface area contributed by atoms with E-state index < -0.39 is 30.3 Å². The molecule has 2 aliphatic heterocycles. The van der Waals surface area contributed by atoms with E-state index in [1.54, 1.807) is 16.5 Å². The number of nitrogens with zero attached hydrogens (tertiary/aromatic N) is 4. The minimum Gasteiger partial charge on any atom is -0.444 e. The number of piperazine rings is 1. The van der Waals surface area contributed by atoms with Gasteiger partial charge in [-0.25, -0.2) is 9.78 Å². The second-order valence-electron chi connectivity index (χ2n) is 10.9. The first-order valence-electron chi connectivity index (χ1n) is 12.6. The Labute approximate surface area is 226 Å². The predicted molar refractivity (Wildman–Crippen MR) is 138 cm³/mol. The number of hydrogen-bond donors (Lipinski definition) is 0. The van der Waals surface area contributed by atoms with E-state index in [9.17, 15) is 22.8 Å². The summed E-state index contributed by atoms with van der Waals surface area (Å²) in [5.74, 6) is -0.519. The topological polar surface area (TPSA) is 98.0 Å². The van der Waals surface area contributed by atoms with Crippen molar-refractivity contribution >= 4 is 40.3 Å². The van der Waals surface area contributed by atoms with E-state index in [0.29, 0.717) is 29.2 Å². The highest BCUT2D eigenvalue weighted by molar-refractivity contribution is 7.13. The number of fused-ring (bicyclic) bond motifs is 3. The lowest BCUT2D eigenvalue weighted by atomic mass is 10.0. The summed E-state index contributed by atoms with van der Waals surface area (Å²) >= 11 is 1.25. The number of alkyl halides is 3. The molecule has 2 aliphatic rings. The molecule has 2 aromatic heterocycles. The van der Waals surface area contributed by atoms with Crippen molar-refractivity contribution in [1.29, 1.82) is 0 Å². The summed E-state index contributed by atoms with van der Waals surface area (Å²) in [5, 5.41) is 2.18. The van der Waals surface area contributed by atoms with E-state index in [1.165, 1.54) is 23.5 Å². The molecule has 5 rings (SSSR count). The fourth-order valence-electron chi connectivity index (χ4n) is 5.10. The Balaban J connectivity index is 1.49. The normalized spacial score (nSPS) is 20.5. The Morgan fingerprint density at radius 1 is 1.18 bits per heavy atom. The molecule has 39 heavy (non-hydrogen) atoms. The zero-order chi connectivity index (χ0) is 28.1. The summed E-state index contributed by atoms with van der Waals surface area (Å²) in [6.45, 7) is 6.86. The highest BCUT2D eigenvalue weighted by atomic mass is 32.1. The summed E-state index contributed by atoms with van der Waals surface area (Å²) in [4.78, 5) is 36.7. The third kappa shape index (κ3) is 5.74. The molecule has 0 spiro atoms. The van der Waals surface area contributed by atoms with Gasteiger partial charge in [0.15, 0.2) is 17.5 Å². The molecule has 1 amide bonds. The van der Waals surface area contributed by atoms with Crippen LogP contribution in [0.15, 0.2) is 28.1 Å². The van der Waals surface area contributed by atoms with Gasteiger partial charge in [-0.15, -0.1) is 11.3 Å². The number of hydrogen-bond acceptors (Lipinski definition) is 9. The number of Topliss-reactive ketones (excluding diaryl/α,β-unsaturated/α-hetero) is 1. The molecule has 0 aliphatic carbocycles. The summed E-state index contributed by atoms with van der Waals surface area (Å²) in [7, 11) is 0. The van der Waals surface area contributed by atoms with Crippen LogP contribution in [-0.2, 0) is 14.3 Å². The van der Waals surface area contributed by atoms with Gasteiger partial charge >= 0.3 is 12.3 Å². The highest BCUT2D eigenvalue weighted by Gasteiger charge is 2.46. The van der Waals surface area contributed by atoms with Crippen molar-refractivity contribution in [2.45, 2.75) is 70.5 Å². The van der Waals surface area contributed by atoms with Gasteiger partial charge in [-0.05, 0) is 58.2 Å². The van der Waals surface area contributed by atoms with E-state index in [2.05, 4.69) is 9.97 Å². The molecule has 0 N–H and O–H groups in total. The minimum absolute atomic E-state index is 0.0998. The van der Waals surface area contributed by atoms with E-state index in [-0.39, 0.29) is 35.3 Å². The van der Waals surface area contributed by atoms with Crippen molar-refractivity contribution in [2.75, 3.05) is 24.6 Å². The Morgan fingerprint density at radius 2 is 1.87 bits per heavy atom. The van der Waals surface area contributed by atoms with Gasteiger partial charge in [0, 0.05) is 24.7 Å². The van der Waals surface area contributed by atoms with Gasteiger partial charge < -0.3 is 18.8 Å². The van der Waals surface area contributed by atoms with Crippen LogP contribution in [0.4, 0.5) is 24.0 Å². The largest absolute Gasteiger partial charge is 0.444 e. The average Bonchev–Trinajstić information content (AvgIpc) is 3.54. The molecule has 2 saturated heterocycles. The smallest absolute Gasteiger partial charge is 0.418 e. The van der Waals surface area contributed by atoms with Gasteiger partial charge in [-0.3, -0.25) is 9.69 Å². The molecular weight excluding hydrogens is 537 g/mol. The fraction of sp³-hybridized carbons (Fsp3) is 0.538. The van der Waals surface area contributed by atoms with Crippen LogP contribution >= 0.6 is 11.3 Å². The van der Waals surface area contributed by atoms with Crippen LogP contribution in [0.1, 0.15) is 52.2 Å². The fourth-order valence-corrected chi connectivity index (χ4v) is 5.75. The minimum atomic E-state index is -4.76. The number of rotatable bonds is 6. The predicted octanol–water partition coefficient (Wildman–Crippen LogP) is 5.75. The lowest BCUT2D eigenvalue weighted by Gasteiger charge is -2.40. The highest BCUT2D eigenvalue weighted by Crippen LogP contribution is 2.42. The zero-order valence-electron chi connectivity index (χ0n) is 21.9. The lowest BCUT2D eigenvalue weighted by molar-refractivity contribution is -0.222. The van der Waals surface area contributed by atoms with Crippen molar-refractivity contribution < 1.29 is 36.7 Å². The third-order valence-corrected chi connectivity index (χ3v) is 7.38. The van der Waals surface area contributed by atoms with Crippen molar-refractivity contribution in [3.63, 3.8) is 0 Å². The lowest BCUT2D eigenvalue weighted by Crippen LogP contribution is -2.56. The summed E-state index contributed by atoms with van der Waals surface area (Å²) in [5.41, 5.74) is 0.0668. The molecule has 0 saturated carbocycles. The Bertz CT molecular complexity index is 1350.